The lowest BCUT2D eigenvalue weighted by Crippen LogP contribution is -2.12. The standard InChI is InChI=1S/C28H30N4O/c1-5-23(19-29-4)27-17-25(11-13-30-27)33-28-10-6-9-26(20(28)2)21(3)31-18-22-12-15-32-14-7-8-24(32)16-22/h5-17,29,31H,3,18-19H2,1-2,4H3/b23-5+. The van der Waals surface area contributed by atoms with Crippen molar-refractivity contribution >= 4 is 16.8 Å². The fourth-order valence-electron chi connectivity index (χ4n) is 3.85. The van der Waals surface area contributed by atoms with Crippen LogP contribution in [0.4, 0.5) is 0 Å². The predicted molar refractivity (Wildman–Crippen MR) is 136 cm³/mol. The zero-order valence-corrected chi connectivity index (χ0v) is 19.4. The molecule has 4 rings (SSSR count). The molecule has 0 amide bonds. The molecule has 5 heteroatoms. The molecule has 0 aliphatic heterocycles. The first-order chi connectivity index (χ1) is 16.1. The zero-order chi connectivity index (χ0) is 23.2. The molecular formula is C28H30N4O. The number of aromatic nitrogens is 2. The molecule has 0 spiro atoms. The van der Waals surface area contributed by atoms with Crippen LogP contribution in [0.25, 0.3) is 16.8 Å². The lowest BCUT2D eigenvalue weighted by atomic mass is 10.0. The molecule has 0 fully saturated rings. The van der Waals surface area contributed by atoms with Crippen LogP contribution in [0.15, 0.2) is 85.8 Å². The minimum absolute atomic E-state index is 0.705. The largest absolute Gasteiger partial charge is 0.457 e. The molecule has 0 unspecified atom stereocenters. The van der Waals surface area contributed by atoms with E-state index < -0.39 is 0 Å². The Labute approximate surface area is 195 Å². The first-order valence-electron chi connectivity index (χ1n) is 11.1. The molecule has 0 radical (unpaired) electrons. The van der Waals surface area contributed by atoms with Crippen molar-refractivity contribution in [2.24, 2.45) is 0 Å². The van der Waals surface area contributed by atoms with E-state index >= 15 is 0 Å². The summed E-state index contributed by atoms with van der Waals surface area (Å²) in [7, 11) is 1.93. The minimum Gasteiger partial charge on any atom is -0.457 e. The smallest absolute Gasteiger partial charge is 0.131 e. The number of benzene rings is 1. The van der Waals surface area contributed by atoms with Crippen molar-refractivity contribution in [3.63, 3.8) is 0 Å². The third-order valence-corrected chi connectivity index (χ3v) is 5.71. The average molecular weight is 439 g/mol. The van der Waals surface area contributed by atoms with Gasteiger partial charge in [0, 0.05) is 60.1 Å². The van der Waals surface area contributed by atoms with Crippen molar-refractivity contribution in [3.8, 4) is 11.5 Å². The van der Waals surface area contributed by atoms with Crippen LogP contribution in [0, 0.1) is 6.92 Å². The fraction of sp³-hybridized carbons (Fsp3) is 0.179. The molecule has 1 aromatic carbocycles. The molecule has 5 nitrogen and oxygen atoms in total. The van der Waals surface area contributed by atoms with Crippen molar-refractivity contribution < 1.29 is 4.74 Å². The summed E-state index contributed by atoms with van der Waals surface area (Å²) in [5.41, 5.74) is 7.37. The van der Waals surface area contributed by atoms with Crippen molar-refractivity contribution in [2.45, 2.75) is 20.4 Å². The highest BCUT2D eigenvalue weighted by Gasteiger charge is 2.11. The molecule has 0 aliphatic rings. The molecule has 0 aliphatic carbocycles. The number of pyridine rings is 2. The summed E-state index contributed by atoms with van der Waals surface area (Å²) in [6.45, 7) is 9.81. The number of allylic oxidation sites excluding steroid dienone is 1. The summed E-state index contributed by atoms with van der Waals surface area (Å²) < 4.78 is 8.36. The third-order valence-electron chi connectivity index (χ3n) is 5.71. The maximum absolute atomic E-state index is 6.26. The summed E-state index contributed by atoms with van der Waals surface area (Å²) >= 11 is 0. The molecule has 3 heterocycles. The summed E-state index contributed by atoms with van der Waals surface area (Å²) in [6, 6.07) is 18.4. The van der Waals surface area contributed by atoms with E-state index in [1.807, 2.05) is 50.5 Å². The first-order valence-corrected chi connectivity index (χ1v) is 11.1. The van der Waals surface area contributed by atoms with E-state index in [2.05, 4.69) is 70.1 Å². The van der Waals surface area contributed by atoms with Crippen LogP contribution in [-0.4, -0.2) is 23.0 Å². The molecule has 0 atom stereocenters. The molecule has 0 bridgehead atoms. The van der Waals surface area contributed by atoms with Crippen molar-refractivity contribution in [1.29, 1.82) is 0 Å². The van der Waals surface area contributed by atoms with Gasteiger partial charge in [-0.2, -0.15) is 0 Å². The highest BCUT2D eigenvalue weighted by Crippen LogP contribution is 2.30. The number of likely N-dealkylation sites (N-methyl/N-ethyl adjacent to an activating group) is 1. The van der Waals surface area contributed by atoms with Gasteiger partial charge in [-0.25, -0.2) is 0 Å². The second kappa shape index (κ2) is 10.2. The third kappa shape index (κ3) is 5.16. The number of fused-ring (bicyclic) bond motifs is 1. The van der Waals surface area contributed by atoms with Gasteiger partial charge in [0.05, 0.1) is 5.69 Å². The van der Waals surface area contributed by atoms with E-state index in [1.165, 1.54) is 11.1 Å². The normalized spacial score (nSPS) is 11.5. The van der Waals surface area contributed by atoms with Gasteiger partial charge in [-0.1, -0.05) is 24.8 Å². The second-order valence-corrected chi connectivity index (χ2v) is 7.96. The molecule has 0 saturated heterocycles. The number of nitrogens with one attached hydrogen (secondary N) is 2. The number of ether oxygens (including phenoxy) is 1. The number of hydrogen-bond acceptors (Lipinski definition) is 4. The van der Waals surface area contributed by atoms with Gasteiger partial charge in [0.1, 0.15) is 11.5 Å². The summed E-state index contributed by atoms with van der Waals surface area (Å²) in [6.07, 6.45) is 7.98. The van der Waals surface area contributed by atoms with Gasteiger partial charge < -0.3 is 19.8 Å². The molecule has 0 saturated carbocycles. The van der Waals surface area contributed by atoms with E-state index in [4.69, 9.17) is 4.74 Å². The Bertz CT molecular complexity index is 1300. The first kappa shape index (κ1) is 22.4. The van der Waals surface area contributed by atoms with Gasteiger partial charge >= 0.3 is 0 Å². The topological polar surface area (TPSA) is 50.6 Å². The van der Waals surface area contributed by atoms with Gasteiger partial charge in [-0.3, -0.25) is 4.98 Å². The van der Waals surface area contributed by atoms with Gasteiger partial charge in [0.25, 0.3) is 0 Å². The Morgan fingerprint density at radius 1 is 1.12 bits per heavy atom. The lowest BCUT2D eigenvalue weighted by molar-refractivity contribution is 0.477. The van der Waals surface area contributed by atoms with Crippen molar-refractivity contribution in [1.82, 2.24) is 20.0 Å². The molecule has 33 heavy (non-hydrogen) atoms. The molecule has 168 valence electrons. The van der Waals surface area contributed by atoms with Crippen molar-refractivity contribution in [2.75, 3.05) is 13.6 Å². The summed E-state index contributed by atoms with van der Waals surface area (Å²) in [5.74, 6) is 1.56. The SMILES string of the molecule is C=C(NCc1ccn2cccc2c1)c1cccc(Oc2ccnc(/C(=C/C)CNC)c2)c1C. The van der Waals surface area contributed by atoms with Crippen molar-refractivity contribution in [3.05, 3.63) is 108 Å². The van der Waals surface area contributed by atoms with Crippen LogP contribution in [-0.2, 0) is 6.54 Å². The second-order valence-electron chi connectivity index (χ2n) is 7.96. The van der Waals surface area contributed by atoms with E-state index in [-0.39, 0.29) is 0 Å². The van der Waals surface area contributed by atoms with E-state index in [0.29, 0.717) is 6.54 Å². The zero-order valence-electron chi connectivity index (χ0n) is 19.4. The maximum atomic E-state index is 6.26. The van der Waals surface area contributed by atoms with Gasteiger partial charge in [0.15, 0.2) is 0 Å². The Hall–Kier alpha value is -3.83. The van der Waals surface area contributed by atoms with Gasteiger partial charge in [0.2, 0.25) is 0 Å². The molecular weight excluding hydrogens is 408 g/mol. The highest BCUT2D eigenvalue weighted by molar-refractivity contribution is 5.68. The Kier molecular flexibility index (Phi) is 6.91. The van der Waals surface area contributed by atoms with Crippen LogP contribution in [0.2, 0.25) is 0 Å². The minimum atomic E-state index is 0.705. The Balaban J connectivity index is 1.48. The molecule has 3 aromatic heterocycles. The van der Waals surface area contributed by atoms with Crippen LogP contribution < -0.4 is 15.4 Å². The van der Waals surface area contributed by atoms with Gasteiger partial charge in [-0.05, 0) is 68.4 Å². The van der Waals surface area contributed by atoms with Crippen LogP contribution >= 0.6 is 0 Å². The average Bonchev–Trinajstić information content (AvgIpc) is 3.30. The number of rotatable bonds is 9. The molecule has 2 N–H and O–H groups in total. The Morgan fingerprint density at radius 3 is 2.82 bits per heavy atom. The number of hydrogen-bond donors (Lipinski definition) is 2. The van der Waals surface area contributed by atoms with E-state index in [0.717, 1.165) is 46.1 Å². The van der Waals surface area contributed by atoms with Crippen LogP contribution in [0.5, 0.6) is 11.5 Å². The van der Waals surface area contributed by atoms with E-state index in [1.54, 1.807) is 6.20 Å². The quantitative estimate of drug-likeness (QED) is 0.346. The van der Waals surface area contributed by atoms with Crippen LogP contribution in [0.3, 0.4) is 0 Å². The fourth-order valence-corrected chi connectivity index (χ4v) is 3.85. The van der Waals surface area contributed by atoms with Gasteiger partial charge in [-0.15, -0.1) is 0 Å². The highest BCUT2D eigenvalue weighted by atomic mass is 16.5. The Morgan fingerprint density at radius 2 is 2.00 bits per heavy atom. The monoisotopic (exact) mass is 438 g/mol. The van der Waals surface area contributed by atoms with E-state index in [9.17, 15) is 0 Å². The van der Waals surface area contributed by atoms with Crippen LogP contribution in [0.1, 0.15) is 29.3 Å². The maximum Gasteiger partial charge on any atom is 0.131 e. The molecule has 4 aromatic rings. The summed E-state index contributed by atoms with van der Waals surface area (Å²) in [4.78, 5) is 4.49. The summed E-state index contributed by atoms with van der Waals surface area (Å²) in [5, 5.41) is 6.65. The predicted octanol–water partition coefficient (Wildman–Crippen LogP) is 5.82. The lowest BCUT2D eigenvalue weighted by Gasteiger charge is -2.16. The number of nitrogens with zero attached hydrogens (tertiary/aromatic N) is 2.